The molecule has 2 heterocycles. The van der Waals surface area contributed by atoms with Crippen molar-refractivity contribution in [3.63, 3.8) is 0 Å². The van der Waals surface area contributed by atoms with E-state index in [9.17, 15) is 5.11 Å². The fourth-order valence-corrected chi connectivity index (χ4v) is 2.27. The lowest BCUT2D eigenvalue weighted by atomic mass is 10.2. The molecule has 0 aliphatic heterocycles. The van der Waals surface area contributed by atoms with E-state index in [0.717, 1.165) is 4.88 Å². The molecule has 0 aliphatic carbocycles. The molecule has 1 unspecified atom stereocenters. The first kappa shape index (κ1) is 8.80. The van der Waals surface area contributed by atoms with Crippen LogP contribution in [0.1, 0.15) is 15.9 Å². The molecule has 5 heteroatoms. The molecule has 3 nitrogen and oxygen atoms in total. The van der Waals surface area contributed by atoms with Gasteiger partial charge in [0.1, 0.15) is 0 Å². The summed E-state index contributed by atoms with van der Waals surface area (Å²) in [4.78, 5) is 2.01. The first-order valence-electron chi connectivity index (χ1n) is 3.84. The minimum absolute atomic E-state index is 0.460. The van der Waals surface area contributed by atoms with Crippen LogP contribution >= 0.6 is 22.9 Å². The van der Waals surface area contributed by atoms with E-state index in [1.54, 1.807) is 17.5 Å². The van der Waals surface area contributed by atoms with Gasteiger partial charge in [0.25, 0.3) is 0 Å². The van der Waals surface area contributed by atoms with E-state index in [-0.39, 0.29) is 0 Å². The van der Waals surface area contributed by atoms with Crippen molar-refractivity contribution in [2.45, 2.75) is 12.5 Å². The van der Waals surface area contributed by atoms with Gasteiger partial charge in [0.2, 0.25) is 0 Å². The van der Waals surface area contributed by atoms with E-state index in [2.05, 4.69) is 9.59 Å². The van der Waals surface area contributed by atoms with Crippen molar-refractivity contribution in [3.05, 3.63) is 33.5 Å². The summed E-state index contributed by atoms with van der Waals surface area (Å²) in [5, 5.41) is 15.4. The first-order valence-corrected chi connectivity index (χ1v) is 5.49. The van der Waals surface area contributed by atoms with Gasteiger partial charge < -0.3 is 5.11 Å². The number of aromatic nitrogens is 2. The molecule has 2 aromatic rings. The molecule has 1 N–H and O–H groups in total. The van der Waals surface area contributed by atoms with Crippen molar-refractivity contribution in [2.75, 3.05) is 0 Å². The Hall–Kier alpha value is -0.780. The Balaban J connectivity index is 2.04. The Morgan fingerprint density at radius 2 is 2.46 bits per heavy atom. The zero-order chi connectivity index (χ0) is 9.10. The quantitative estimate of drug-likeness (QED) is 0.845. The maximum Gasteiger partial charge on any atom is 0.0962 e. The Kier molecular flexibility index (Phi) is 2.68. The van der Waals surface area contributed by atoms with Gasteiger partial charge in [-0.3, -0.25) is 0 Å². The summed E-state index contributed by atoms with van der Waals surface area (Å²) in [6.07, 6.45) is 1.81. The molecule has 0 aromatic carbocycles. The predicted molar refractivity (Wildman–Crippen MR) is 52.9 cm³/mol. The van der Waals surface area contributed by atoms with Gasteiger partial charge >= 0.3 is 0 Å². The van der Waals surface area contributed by atoms with Crippen molar-refractivity contribution in [1.82, 2.24) is 9.59 Å². The number of hydrogen-bond donors (Lipinski definition) is 1. The third-order valence-corrected chi connectivity index (χ3v) is 3.34. The van der Waals surface area contributed by atoms with Crippen molar-refractivity contribution >= 4 is 22.9 Å². The zero-order valence-electron chi connectivity index (χ0n) is 6.75. The molecule has 0 aliphatic rings. The molecule has 0 saturated heterocycles. The number of hydrogen-bond acceptors (Lipinski definition) is 5. The second-order valence-corrected chi connectivity index (χ2v) is 4.47. The van der Waals surface area contributed by atoms with Gasteiger partial charge in [0, 0.05) is 11.3 Å². The summed E-state index contributed by atoms with van der Waals surface area (Å²) in [5.74, 6) is 0. The van der Waals surface area contributed by atoms with Gasteiger partial charge in [-0.1, -0.05) is 10.6 Å². The Labute approximate surface area is 83.8 Å². The van der Waals surface area contributed by atoms with E-state index in [1.807, 2.05) is 17.5 Å². The second kappa shape index (κ2) is 3.95. The standard InChI is InChI=1S/C8H8N2OS2/c11-7(8-5-9-10-13-8)4-6-2-1-3-12-6/h1-3,5,7,11H,4H2. The molecule has 0 radical (unpaired) electrons. The predicted octanol–water partition coefficient (Wildman–Crippen LogP) is 1.88. The largest absolute Gasteiger partial charge is 0.387 e. The minimum Gasteiger partial charge on any atom is -0.387 e. The SMILES string of the molecule is OC(Cc1cccs1)c1cnns1. The van der Waals surface area contributed by atoms with Crippen LogP contribution in [-0.2, 0) is 6.42 Å². The van der Waals surface area contributed by atoms with Gasteiger partial charge in [-0.2, -0.15) is 0 Å². The molecule has 0 bridgehead atoms. The van der Waals surface area contributed by atoms with E-state index in [0.29, 0.717) is 6.42 Å². The fraction of sp³-hybridized carbons (Fsp3) is 0.250. The van der Waals surface area contributed by atoms with Crippen molar-refractivity contribution < 1.29 is 5.11 Å². The van der Waals surface area contributed by atoms with Gasteiger partial charge in [-0.25, -0.2) is 0 Å². The van der Waals surface area contributed by atoms with Gasteiger partial charge in [0.05, 0.1) is 17.2 Å². The van der Waals surface area contributed by atoms with Crippen molar-refractivity contribution in [1.29, 1.82) is 0 Å². The maximum absolute atomic E-state index is 9.72. The van der Waals surface area contributed by atoms with Crippen LogP contribution in [-0.4, -0.2) is 14.7 Å². The highest BCUT2D eigenvalue weighted by Gasteiger charge is 2.11. The average Bonchev–Trinajstić information content (AvgIpc) is 2.74. The Morgan fingerprint density at radius 3 is 3.08 bits per heavy atom. The molecule has 68 valence electrons. The number of aliphatic hydroxyl groups is 1. The smallest absolute Gasteiger partial charge is 0.0962 e. The van der Waals surface area contributed by atoms with Gasteiger partial charge in [-0.15, -0.1) is 16.4 Å². The zero-order valence-corrected chi connectivity index (χ0v) is 8.38. The van der Waals surface area contributed by atoms with Crippen LogP contribution in [0.25, 0.3) is 0 Å². The number of rotatable bonds is 3. The Bertz CT molecular complexity index is 344. The molecule has 2 aromatic heterocycles. The summed E-state index contributed by atoms with van der Waals surface area (Å²) >= 11 is 2.90. The van der Waals surface area contributed by atoms with E-state index < -0.39 is 6.10 Å². The molecular weight excluding hydrogens is 204 g/mol. The van der Waals surface area contributed by atoms with Crippen LogP contribution in [0.2, 0.25) is 0 Å². The van der Waals surface area contributed by atoms with Crippen molar-refractivity contribution in [3.8, 4) is 0 Å². The summed E-state index contributed by atoms with van der Waals surface area (Å²) < 4.78 is 3.71. The molecule has 13 heavy (non-hydrogen) atoms. The lowest BCUT2D eigenvalue weighted by Crippen LogP contribution is -1.97. The number of nitrogens with zero attached hydrogens (tertiary/aromatic N) is 2. The van der Waals surface area contributed by atoms with E-state index >= 15 is 0 Å². The second-order valence-electron chi connectivity index (χ2n) is 2.62. The van der Waals surface area contributed by atoms with Crippen LogP contribution in [0.4, 0.5) is 0 Å². The van der Waals surface area contributed by atoms with Crippen molar-refractivity contribution in [2.24, 2.45) is 0 Å². The maximum atomic E-state index is 9.72. The first-order chi connectivity index (χ1) is 6.36. The van der Waals surface area contributed by atoms with Crippen LogP contribution in [0.5, 0.6) is 0 Å². The van der Waals surface area contributed by atoms with Gasteiger partial charge in [0.15, 0.2) is 0 Å². The number of aliphatic hydroxyl groups excluding tert-OH is 1. The third kappa shape index (κ3) is 2.12. The molecule has 0 spiro atoms. The van der Waals surface area contributed by atoms with Crippen LogP contribution in [0.15, 0.2) is 23.7 Å². The number of thiophene rings is 1. The van der Waals surface area contributed by atoms with E-state index in [4.69, 9.17) is 0 Å². The highest BCUT2D eigenvalue weighted by atomic mass is 32.1. The monoisotopic (exact) mass is 212 g/mol. The van der Waals surface area contributed by atoms with Crippen LogP contribution in [0, 0.1) is 0 Å². The normalized spacial score (nSPS) is 13.0. The summed E-state index contributed by atoms with van der Waals surface area (Å²) in [6.45, 7) is 0. The fourth-order valence-electron chi connectivity index (χ4n) is 1.04. The molecule has 0 fully saturated rings. The molecule has 0 saturated carbocycles. The highest BCUT2D eigenvalue weighted by Crippen LogP contribution is 2.22. The van der Waals surface area contributed by atoms with Crippen LogP contribution in [0.3, 0.4) is 0 Å². The molecule has 1 atom stereocenters. The van der Waals surface area contributed by atoms with Crippen LogP contribution < -0.4 is 0 Å². The molecular formula is C8H8N2OS2. The molecule has 0 amide bonds. The Morgan fingerprint density at radius 1 is 1.54 bits per heavy atom. The minimum atomic E-state index is -0.460. The lowest BCUT2D eigenvalue weighted by molar-refractivity contribution is 0.183. The summed E-state index contributed by atoms with van der Waals surface area (Å²) in [5.41, 5.74) is 0. The topological polar surface area (TPSA) is 46.0 Å². The lowest BCUT2D eigenvalue weighted by Gasteiger charge is -2.03. The highest BCUT2D eigenvalue weighted by molar-refractivity contribution is 7.10. The average molecular weight is 212 g/mol. The third-order valence-electron chi connectivity index (χ3n) is 1.68. The van der Waals surface area contributed by atoms with E-state index in [1.165, 1.54) is 16.4 Å². The molecule has 2 rings (SSSR count). The van der Waals surface area contributed by atoms with Gasteiger partial charge in [-0.05, 0) is 23.0 Å². The summed E-state index contributed by atoms with van der Waals surface area (Å²) in [7, 11) is 0. The summed E-state index contributed by atoms with van der Waals surface area (Å²) in [6, 6.07) is 4.00.